The van der Waals surface area contributed by atoms with Crippen molar-refractivity contribution in [1.29, 1.82) is 0 Å². The minimum Gasteiger partial charge on any atom is -0.481 e. The Morgan fingerprint density at radius 3 is 2.15 bits per heavy atom. The monoisotopic (exact) mass is 390 g/mol. The average Bonchev–Trinajstić information content (AvgIpc) is 2.61. The quantitative estimate of drug-likeness (QED) is 0.785. The van der Waals surface area contributed by atoms with Gasteiger partial charge >= 0.3 is 0 Å². The molecule has 0 unspecified atom stereocenters. The molecule has 7 heteroatoms. The van der Waals surface area contributed by atoms with Crippen molar-refractivity contribution in [1.82, 2.24) is 0 Å². The maximum Gasteiger partial charge on any atom is 0.265 e. The molecule has 2 rings (SSSR count). The van der Waals surface area contributed by atoms with Crippen LogP contribution in [0.2, 0.25) is 0 Å². The predicted molar refractivity (Wildman–Crippen MR) is 109 cm³/mol. The number of hydrogen-bond acceptors (Lipinski definition) is 4. The predicted octanol–water partition coefficient (Wildman–Crippen LogP) is 3.50. The summed E-state index contributed by atoms with van der Waals surface area (Å²) in [5.74, 6) is 0.288. The Labute approximate surface area is 161 Å². The van der Waals surface area contributed by atoms with Crippen LogP contribution in [0.4, 0.5) is 11.4 Å². The topological polar surface area (TPSA) is 75.7 Å². The Morgan fingerprint density at radius 2 is 1.67 bits per heavy atom. The summed E-state index contributed by atoms with van der Waals surface area (Å²) in [7, 11) is -1.84. The average molecular weight is 391 g/mol. The molecule has 27 heavy (non-hydrogen) atoms. The van der Waals surface area contributed by atoms with Crippen molar-refractivity contribution in [2.45, 2.75) is 33.3 Å². The van der Waals surface area contributed by atoms with Crippen molar-refractivity contribution in [3.8, 4) is 5.75 Å². The number of carbonyl (C=O) groups excluding carboxylic acids is 1. The summed E-state index contributed by atoms with van der Waals surface area (Å²) in [6.45, 7) is 5.77. The van der Waals surface area contributed by atoms with Crippen LogP contribution >= 0.6 is 0 Å². The van der Waals surface area contributed by atoms with Gasteiger partial charge in [-0.25, -0.2) is 8.42 Å². The first-order chi connectivity index (χ1) is 12.6. The second kappa shape index (κ2) is 8.43. The standard InChI is InChI=1S/C20H26N2O4S/c1-6-18(20(23)21-19-14(2)8-7-9-15(19)3)26-17-12-10-16(11-13-17)22(4)27(5,24)25/h7-13,18H,6H2,1-5H3,(H,21,23)/t18-/m0/s1. The van der Waals surface area contributed by atoms with Gasteiger partial charge in [-0.05, 0) is 55.7 Å². The number of nitrogens with one attached hydrogen (secondary N) is 1. The smallest absolute Gasteiger partial charge is 0.265 e. The molecule has 0 saturated carbocycles. The summed E-state index contributed by atoms with van der Waals surface area (Å²) < 4.78 is 30.2. The number of carbonyl (C=O) groups is 1. The fraction of sp³-hybridized carbons (Fsp3) is 0.350. The molecule has 1 atom stereocenters. The second-order valence-electron chi connectivity index (χ2n) is 6.50. The van der Waals surface area contributed by atoms with Crippen LogP contribution in [0.15, 0.2) is 42.5 Å². The number of anilines is 2. The van der Waals surface area contributed by atoms with Gasteiger partial charge in [-0.3, -0.25) is 9.10 Å². The normalized spacial score (nSPS) is 12.3. The zero-order valence-electron chi connectivity index (χ0n) is 16.3. The highest BCUT2D eigenvalue weighted by Crippen LogP contribution is 2.23. The number of aryl methyl sites for hydroxylation is 2. The number of hydrogen-bond donors (Lipinski definition) is 1. The minimum absolute atomic E-state index is 0.216. The Kier molecular flexibility index (Phi) is 6.49. The number of benzene rings is 2. The van der Waals surface area contributed by atoms with E-state index in [2.05, 4.69) is 5.32 Å². The summed E-state index contributed by atoms with van der Waals surface area (Å²) in [6.07, 6.45) is 0.993. The third-order valence-electron chi connectivity index (χ3n) is 4.37. The molecule has 2 aromatic rings. The van der Waals surface area contributed by atoms with Crippen LogP contribution in [-0.4, -0.2) is 33.7 Å². The van der Waals surface area contributed by atoms with E-state index in [1.165, 1.54) is 11.4 Å². The first-order valence-corrected chi connectivity index (χ1v) is 10.6. The first-order valence-electron chi connectivity index (χ1n) is 8.71. The SMILES string of the molecule is CC[C@H](Oc1ccc(N(C)S(C)(=O)=O)cc1)C(=O)Nc1c(C)cccc1C. The summed E-state index contributed by atoms with van der Waals surface area (Å²) in [6, 6.07) is 12.4. The molecule has 0 aromatic heterocycles. The van der Waals surface area contributed by atoms with E-state index in [0.717, 1.165) is 23.1 Å². The maximum absolute atomic E-state index is 12.6. The van der Waals surface area contributed by atoms with E-state index in [4.69, 9.17) is 4.74 Å². The lowest BCUT2D eigenvalue weighted by Gasteiger charge is -2.20. The summed E-state index contributed by atoms with van der Waals surface area (Å²) >= 11 is 0. The van der Waals surface area contributed by atoms with Gasteiger partial charge in [0.2, 0.25) is 10.0 Å². The van der Waals surface area contributed by atoms with E-state index in [9.17, 15) is 13.2 Å². The number of ether oxygens (including phenoxy) is 1. The largest absolute Gasteiger partial charge is 0.481 e. The molecule has 0 aliphatic heterocycles. The van der Waals surface area contributed by atoms with Gasteiger partial charge in [-0.2, -0.15) is 0 Å². The summed E-state index contributed by atoms with van der Waals surface area (Å²) in [5.41, 5.74) is 3.31. The van der Waals surface area contributed by atoms with E-state index in [1.807, 2.05) is 39.0 Å². The Morgan fingerprint density at radius 1 is 1.11 bits per heavy atom. The molecule has 0 saturated heterocycles. The number of amides is 1. The first kappa shape index (κ1) is 20.8. The lowest BCUT2D eigenvalue weighted by molar-refractivity contribution is -0.122. The molecule has 0 heterocycles. The molecule has 6 nitrogen and oxygen atoms in total. The van der Waals surface area contributed by atoms with Gasteiger partial charge in [-0.1, -0.05) is 25.1 Å². The van der Waals surface area contributed by atoms with Crippen LogP contribution in [0, 0.1) is 13.8 Å². The zero-order valence-corrected chi connectivity index (χ0v) is 17.1. The van der Waals surface area contributed by atoms with E-state index < -0.39 is 16.1 Å². The number of nitrogens with zero attached hydrogens (tertiary/aromatic N) is 1. The third-order valence-corrected chi connectivity index (χ3v) is 5.57. The van der Waals surface area contributed by atoms with Gasteiger partial charge in [0, 0.05) is 12.7 Å². The van der Waals surface area contributed by atoms with Crippen molar-refractivity contribution < 1.29 is 17.9 Å². The number of para-hydroxylation sites is 1. The minimum atomic E-state index is -3.32. The summed E-state index contributed by atoms with van der Waals surface area (Å²) in [4.78, 5) is 12.6. The van der Waals surface area contributed by atoms with Gasteiger partial charge in [0.25, 0.3) is 5.91 Å². The molecule has 0 spiro atoms. The van der Waals surface area contributed by atoms with Gasteiger partial charge < -0.3 is 10.1 Å². The van der Waals surface area contributed by atoms with E-state index in [-0.39, 0.29) is 5.91 Å². The Balaban J connectivity index is 2.11. The second-order valence-corrected chi connectivity index (χ2v) is 8.51. The maximum atomic E-state index is 12.6. The lowest BCUT2D eigenvalue weighted by atomic mass is 10.1. The molecule has 0 bridgehead atoms. The Hall–Kier alpha value is -2.54. The van der Waals surface area contributed by atoms with Crippen LogP contribution in [0.5, 0.6) is 5.75 Å². The van der Waals surface area contributed by atoms with Crippen LogP contribution in [0.3, 0.4) is 0 Å². The molecular weight excluding hydrogens is 364 g/mol. The molecule has 146 valence electrons. The molecule has 1 amide bonds. The van der Waals surface area contributed by atoms with Crippen LogP contribution in [0.25, 0.3) is 0 Å². The fourth-order valence-corrected chi connectivity index (χ4v) is 3.13. The summed E-state index contributed by atoms with van der Waals surface area (Å²) in [5, 5.41) is 2.95. The molecule has 0 radical (unpaired) electrons. The van der Waals surface area contributed by atoms with Crippen molar-refractivity contribution in [2.24, 2.45) is 0 Å². The van der Waals surface area contributed by atoms with Gasteiger partial charge in [0.15, 0.2) is 6.10 Å². The van der Waals surface area contributed by atoms with Crippen molar-refractivity contribution in [3.05, 3.63) is 53.6 Å². The van der Waals surface area contributed by atoms with Crippen molar-refractivity contribution in [2.75, 3.05) is 22.9 Å². The van der Waals surface area contributed by atoms with Crippen LogP contribution < -0.4 is 14.4 Å². The van der Waals surface area contributed by atoms with Crippen molar-refractivity contribution >= 4 is 27.3 Å². The van der Waals surface area contributed by atoms with Gasteiger partial charge in [0.05, 0.1) is 11.9 Å². The molecule has 1 N–H and O–H groups in total. The van der Waals surface area contributed by atoms with E-state index in [1.54, 1.807) is 24.3 Å². The number of rotatable bonds is 7. The highest BCUT2D eigenvalue weighted by Gasteiger charge is 2.20. The van der Waals surface area contributed by atoms with Gasteiger partial charge in [-0.15, -0.1) is 0 Å². The van der Waals surface area contributed by atoms with E-state index >= 15 is 0 Å². The molecule has 0 aliphatic rings. The zero-order chi connectivity index (χ0) is 20.2. The fourth-order valence-electron chi connectivity index (χ4n) is 2.63. The van der Waals surface area contributed by atoms with Crippen LogP contribution in [0.1, 0.15) is 24.5 Å². The third kappa shape index (κ3) is 5.23. The Bertz CT molecular complexity index is 888. The molecule has 0 fully saturated rings. The van der Waals surface area contributed by atoms with Gasteiger partial charge in [0.1, 0.15) is 5.75 Å². The molecule has 0 aliphatic carbocycles. The molecule has 2 aromatic carbocycles. The molecular formula is C20H26N2O4S. The number of sulfonamides is 1. The van der Waals surface area contributed by atoms with E-state index in [0.29, 0.717) is 17.9 Å². The highest BCUT2D eigenvalue weighted by molar-refractivity contribution is 7.92. The van der Waals surface area contributed by atoms with Crippen LogP contribution in [-0.2, 0) is 14.8 Å². The highest BCUT2D eigenvalue weighted by atomic mass is 32.2. The lowest BCUT2D eigenvalue weighted by Crippen LogP contribution is -2.32. The van der Waals surface area contributed by atoms with Crippen molar-refractivity contribution in [3.63, 3.8) is 0 Å².